The fourth-order valence-electron chi connectivity index (χ4n) is 1.77. The summed E-state index contributed by atoms with van der Waals surface area (Å²) in [5.41, 5.74) is 8.36. The monoisotopic (exact) mass is 165 g/mol. The molecule has 4 nitrogen and oxygen atoms in total. The maximum Gasteiger partial charge on any atom is 0.345 e. The lowest BCUT2D eigenvalue weighted by Crippen LogP contribution is -2.17. The average molecular weight is 165 g/mol. The number of nitrogens with zero attached hydrogens (tertiary/aromatic N) is 1. The fraction of sp³-hybridized carbons (Fsp3) is 0.500. The van der Waals surface area contributed by atoms with Crippen molar-refractivity contribution in [3.63, 3.8) is 0 Å². The second-order valence-electron chi connectivity index (χ2n) is 3.17. The molecule has 0 aliphatic heterocycles. The van der Waals surface area contributed by atoms with Gasteiger partial charge in [-0.3, -0.25) is 0 Å². The summed E-state index contributed by atoms with van der Waals surface area (Å²) in [6.45, 7) is 1.87. The number of hydrogen-bond donors (Lipinski definition) is 2. The molecule has 1 atom stereocenters. The van der Waals surface area contributed by atoms with Crippen LogP contribution in [0.2, 0.25) is 0 Å². The Labute approximate surface area is 69.8 Å². The van der Waals surface area contributed by atoms with Gasteiger partial charge in [-0.25, -0.2) is 4.79 Å². The van der Waals surface area contributed by atoms with Crippen LogP contribution < -0.4 is 11.4 Å². The predicted octanol–water partition coefficient (Wildman–Crippen LogP) is 0.0243. The summed E-state index contributed by atoms with van der Waals surface area (Å²) in [4.78, 5) is 17.5. The molecule has 4 heteroatoms. The molecule has 0 bridgehead atoms. The summed E-state index contributed by atoms with van der Waals surface area (Å²) in [7, 11) is 0. The van der Waals surface area contributed by atoms with Crippen LogP contribution in [0.3, 0.4) is 0 Å². The van der Waals surface area contributed by atoms with Crippen LogP contribution in [0.5, 0.6) is 0 Å². The van der Waals surface area contributed by atoms with Crippen LogP contribution in [0, 0.1) is 6.92 Å². The Balaban J connectivity index is 2.68. The third kappa shape index (κ3) is 0.956. The maximum atomic E-state index is 10.9. The Hall–Kier alpha value is -1.16. The van der Waals surface area contributed by atoms with Crippen molar-refractivity contribution in [1.29, 1.82) is 0 Å². The number of fused-ring (bicyclic) bond motifs is 1. The Morgan fingerprint density at radius 1 is 1.67 bits per heavy atom. The van der Waals surface area contributed by atoms with E-state index in [9.17, 15) is 4.79 Å². The number of aryl methyl sites for hydroxylation is 2. The van der Waals surface area contributed by atoms with Crippen LogP contribution in [-0.2, 0) is 6.42 Å². The SMILES string of the molecule is Cc1[nH]c(=O)nc2c1C(N)CC2. The van der Waals surface area contributed by atoms with Crippen LogP contribution in [0.15, 0.2) is 4.79 Å². The standard InChI is InChI=1S/C8H11N3O/c1-4-7-5(9)2-3-6(7)11-8(12)10-4/h5H,2-3,9H2,1H3,(H,10,11,12). The highest BCUT2D eigenvalue weighted by Crippen LogP contribution is 2.27. The summed E-state index contributed by atoms with van der Waals surface area (Å²) in [5.74, 6) is 0. The van der Waals surface area contributed by atoms with Crippen molar-refractivity contribution in [3.8, 4) is 0 Å². The first-order chi connectivity index (χ1) is 5.68. The maximum absolute atomic E-state index is 10.9. The molecule has 1 aliphatic carbocycles. The highest BCUT2D eigenvalue weighted by molar-refractivity contribution is 5.31. The Kier molecular flexibility index (Phi) is 1.51. The fourth-order valence-corrected chi connectivity index (χ4v) is 1.77. The number of rotatable bonds is 0. The molecule has 0 amide bonds. The average Bonchev–Trinajstić information content (AvgIpc) is 2.31. The van der Waals surface area contributed by atoms with Gasteiger partial charge in [0.15, 0.2) is 0 Å². The van der Waals surface area contributed by atoms with Gasteiger partial charge in [-0.1, -0.05) is 0 Å². The third-order valence-corrected chi connectivity index (χ3v) is 2.31. The van der Waals surface area contributed by atoms with Crippen molar-refractivity contribution in [2.45, 2.75) is 25.8 Å². The zero-order chi connectivity index (χ0) is 8.72. The van der Waals surface area contributed by atoms with Crippen molar-refractivity contribution in [1.82, 2.24) is 9.97 Å². The number of aromatic nitrogens is 2. The molecule has 1 unspecified atom stereocenters. The quantitative estimate of drug-likeness (QED) is 0.569. The lowest BCUT2D eigenvalue weighted by molar-refractivity contribution is 0.707. The van der Waals surface area contributed by atoms with E-state index in [-0.39, 0.29) is 11.7 Å². The minimum absolute atomic E-state index is 0.0596. The van der Waals surface area contributed by atoms with Gasteiger partial charge in [0.1, 0.15) is 0 Å². The van der Waals surface area contributed by atoms with E-state index < -0.39 is 0 Å². The lowest BCUT2D eigenvalue weighted by atomic mass is 10.1. The van der Waals surface area contributed by atoms with Crippen LogP contribution in [0.4, 0.5) is 0 Å². The van der Waals surface area contributed by atoms with E-state index in [0.29, 0.717) is 0 Å². The van der Waals surface area contributed by atoms with Crippen LogP contribution >= 0.6 is 0 Å². The van der Waals surface area contributed by atoms with Gasteiger partial charge >= 0.3 is 5.69 Å². The zero-order valence-electron chi connectivity index (χ0n) is 6.92. The van der Waals surface area contributed by atoms with Crippen molar-refractivity contribution >= 4 is 0 Å². The van der Waals surface area contributed by atoms with E-state index in [1.54, 1.807) is 0 Å². The van der Waals surface area contributed by atoms with Crippen LogP contribution in [-0.4, -0.2) is 9.97 Å². The van der Waals surface area contributed by atoms with Crippen LogP contribution in [0.1, 0.15) is 29.4 Å². The van der Waals surface area contributed by atoms with Gasteiger partial charge in [0, 0.05) is 17.3 Å². The predicted molar refractivity (Wildman–Crippen MR) is 44.8 cm³/mol. The highest BCUT2D eigenvalue weighted by Gasteiger charge is 2.22. The number of nitrogens with two attached hydrogens (primary N) is 1. The minimum Gasteiger partial charge on any atom is -0.324 e. The van der Waals surface area contributed by atoms with E-state index >= 15 is 0 Å². The van der Waals surface area contributed by atoms with E-state index in [2.05, 4.69) is 9.97 Å². The normalized spacial score (nSPS) is 21.0. The Morgan fingerprint density at radius 3 is 3.17 bits per heavy atom. The second kappa shape index (κ2) is 2.42. The summed E-state index contributed by atoms with van der Waals surface area (Å²) in [5, 5.41) is 0. The van der Waals surface area contributed by atoms with E-state index in [4.69, 9.17) is 5.73 Å². The first kappa shape index (κ1) is 7.49. The van der Waals surface area contributed by atoms with Crippen LogP contribution in [0.25, 0.3) is 0 Å². The largest absolute Gasteiger partial charge is 0.345 e. The topological polar surface area (TPSA) is 71.8 Å². The minimum atomic E-state index is -0.264. The van der Waals surface area contributed by atoms with E-state index in [0.717, 1.165) is 29.8 Å². The van der Waals surface area contributed by atoms with Gasteiger partial charge in [-0.15, -0.1) is 0 Å². The van der Waals surface area contributed by atoms with E-state index in [1.165, 1.54) is 0 Å². The number of hydrogen-bond acceptors (Lipinski definition) is 3. The van der Waals surface area contributed by atoms with Gasteiger partial charge in [-0.2, -0.15) is 4.98 Å². The molecule has 1 aromatic heterocycles. The molecule has 1 aliphatic rings. The molecule has 0 aromatic carbocycles. The second-order valence-corrected chi connectivity index (χ2v) is 3.17. The first-order valence-electron chi connectivity index (χ1n) is 4.04. The molecule has 0 spiro atoms. The zero-order valence-corrected chi connectivity index (χ0v) is 6.92. The summed E-state index contributed by atoms with van der Waals surface area (Å²) < 4.78 is 0. The molecule has 12 heavy (non-hydrogen) atoms. The van der Waals surface area contributed by atoms with Crippen molar-refractivity contribution < 1.29 is 0 Å². The summed E-state index contributed by atoms with van der Waals surface area (Å²) in [6.07, 6.45) is 1.74. The first-order valence-corrected chi connectivity index (χ1v) is 4.04. The van der Waals surface area contributed by atoms with Crippen molar-refractivity contribution in [2.75, 3.05) is 0 Å². The van der Waals surface area contributed by atoms with Gasteiger partial charge < -0.3 is 10.7 Å². The molecule has 0 saturated heterocycles. The smallest absolute Gasteiger partial charge is 0.324 e. The number of H-pyrrole nitrogens is 1. The molecule has 0 radical (unpaired) electrons. The van der Waals surface area contributed by atoms with Crippen molar-refractivity contribution in [2.24, 2.45) is 5.73 Å². The molecular weight excluding hydrogens is 154 g/mol. The summed E-state index contributed by atoms with van der Waals surface area (Å²) in [6, 6.07) is 0.0596. The number of nitrogens with one attached hydrogen (secondary N) is 1. The van der Waals surface area contributed by atoms with Gasteiger partial charge in [-0.05, 0) is 19.8 Å². The van der Waals surface area contributed by atoms with Gasteiger partial charge in [0.2, 0.25) is 0 Å². The van der Waals surface area contributed by atoms with Crippen molar-refractivity contribution in [3.05, 3.63) is 27.4 Å². The Morgan fingerprint density at radius 2 is 2.42 bits per heavy atom. The molecule has 2 rings (SSSR count). The van der Waals surface area contributed by atoms with Gasteiger partial charge in [0.05, 0.1) is 5.69 Å². The molecule has 64 valence electrons. The summed E-state index contributed by atoms with van der Waals surface area (Å²) >= 11 is 0. The molecular formula is C8H11N3O. The highest BCUT2D eigenvalue weighted by atomic mass is 16.1. The van der Waals surface area contributed by atoms with E-state index in [1.807, 2.05) is 6.92 Å². The molecule has 0 saturated carbocycles. The number of aromatic amines is 1. The molecule has 0 fully saturated rings. The molecule has 1 heterocycles. The van der Waals surface area contributed by atoms with Gasteiger partial charge in [0.25, 0.3) is 0 Å². The third-order valence-electron chi connectivity index (χ3n) is 2.31. The Bertz CT molecular complexity index is 369. The lowest BCUT2D eigenvalue weighted by Gasteiger charge is -2.06. The molecule has 3 N–H and O–H groups in total. The molecule has 1 aromatic rings.